The number of nitrogens with zero attached hydrogens (tertiary/aromatic N) is 4. The highest BCUT2D eigenvalue weighted by Gasteiger charge is 2.29. The predicted octanol–water partition coefficient (Wildman–Crippen LogP) is 7.40. The van der Waals surface area contributed by atoms with Gasteiger partial charge in [0.25, 0.3) is 0 Å². The molecule has 0 aromatic heterocycles. The van der Waals surface area contributed by atoms with Crippen molar-refractivity contribution >= 4 is 12.3 Å². The Morgan fingerprint density at radius 1 is 1.19 bits per heavy atom. The average molecular weight is 584 g/mol. The maximum absolute atomic E-state index is 16.8. The number of terminal acetylenes is 1. The summed E-state index contributed by atoms with van der Waals surface area (Å²) < 4.78 is 28.1. The molecule has 0 aliphatic heterocycles. The number of likely N-dealkylation sites (N-methyl/N-ethyl adjacent to an activating group) is 2. The summed E-state index contributed by atoms with van der Waals surface area (Å²) in [6.07, 6.45) is 17.2. The molecule has 0 amide bonds. The number of nitroso groups, excluding NO2 is 1. The van der Waals surface area contributed by atoms with Gasteiger partial charge >= 0.3 is 0 Å². The fourth-order valence-corrected chi connectivity index (χ4v) is 4.10. The van der Waals surface area contributed by atoms with Gasteiger partial charge in [-0.15, -0.1) is 11.3 Å². The van der Waals surface area contributed by atoms with Crippen molar-refractivity contribution in [2.75, 3.05) is 34.8 Å². The molecular weight excluding hydrogens is 533 g/mol. The molecule has 0 saturated carbocycles. The first kappa shape index (κ1) is 38.4. The van der Waals surface area contributed by atoms with Crippen molar-refractivity contribution in [2.45, 2.75) is 79.5 Å². The quantitative estimate of drug-likeness (QED) is 0.0345. The maximum Gasteiger partial charge on any atom is 0.217 e. The van der Waals surface area contributed by atoms with E-state index in [1.54, 1.807) is 26.1 Å². The SMILES string of the molecule is C#CC(=C/C)/C(C/C=C\C)=C(\C=C(F)\C(N=COC)=C(/C(=NC)OC(C)CCC)C(NCC)N(C)C)/C=C(\CC)N=O. The molecule has 42 heavy (non-hydrogen) atoms. The van der Waals surface area contributed by atoms with Gasteiger partial charge in [-0.25, -0.2) is 9.38 Å². The zero-order valence-corrected chi connectivity index (χ0v) is 27.1. The number of nitrogens with one attached hydrogen (secondary N) is 1. The summed E-state index contributed by atoms with van der Waals surface area (Å²) in [5, 5.41) is 6.52. The largest absolute Gasteiger partial charge is 0.486 e. The highest BCUT2D eigenvalue weighted by molar-refractivity contribution is 5.96. The lowest BCUT2D eigenvalue weighted by Gasteiger charge is -2.30. The first-order chi connectivity index (χ1) is 20.1. The van der Waals surface area contributed by atoms with Crippen LogP contribution in [0.5, 0.6) is 0 Å². The molecular formula is C33H50FN5O3. The lowest BCUT2D eigenvalue weighted by molar-refractivity contribution is 0.189. The normalized spacial score (nSPS) is 16.4. The van der Waals surface area contributed by atoms with Crippen LogP contribution in [0.2, 0.25) is 0 Å². The van der Waals surface area contributed by atoms with Gasteiger partial charge in [-0.3, -0.25) is 15.2 Å². The molecule has 0 aromatic carbocycles. The van der Waals surface area contributed by atoms with Gasteiger partial charge in [0.1, 0.15) is 11.5 Å². The average Bonchev–Trinajstić information content (AvgIpc) is 2.97. The third-order valence-electron chi connectivity index (χ3n) is 6.16. The van der Waals surface area contributed by atoms with Crippen LogP contribution in [0.25, 0.3) is 0 Å². The molecule has 0 bridgehead atoms. The van der Waals surface area contributed by atoms with Gasteiger partial charge in [-0.2, -0.15) is 0 Å². The first-order valence-corrected chi connectivity index (χ1v) is 14.4. The Morgan fingerprint density at radius 2 is 1.88 bits per heavy atom. The third kappa shape index (κ3) is 12.5. The van der Waals surface area contributed by atoms with Crippen LogP contribution in [-0.2, 0) is 9.47 Å². The monoisotopic (exact) mass is 583 g/mol. The number of halogens is 1. The lowest BCUT2D eigenvalue weighted by atomic mass is 9.94. The molecule has 0 saturated heterocycles. The molecule has 232 valence electrons. The van der Waals surface area contributed by atoms with E-state index in [0.717, 1.165) is 19.2 Å². The Labute approximate surface area is 252 Å². The van der Waals surface area contributed by atoms with Gasteiger partial charge in [0, 0.05) is 12.6 Å². The summed E-state index contributed by atoms with van der Waals surface area (Å²) in [7, 11) is 6.77. The number of ether oxygens (including phenoxy) is 2. The summed E-state index contributed by atoms with van der Waals surface area (Å²) in [6.45, 7) is 12.1. The second kappa shape index (κ2) is 22.0. The second-order valence-electron chi connectivity index (χ2n) is 9.53. The molecule has 9 heteroatoms. The Bertz CT molecular complexity index is 1150. The van der Waals surface area contributed by atoms with Gasteiger partial charge < -0.3 is 9.47 Å². The Balaban J connectivity index is 8.11. The van der Waals surface area contributed by atoms with E-state index in [1.807, 2.05) is 58.8 Å². The van der Waals surface area contributed by atoms with Crippen molar-refractivity contribution < 1.29 is 13.9 Å². The van der Waals surface area contributed by atoms with Crippen molar-refractivity contribution in [3.8, 4) is 12.3 Å². The summed E-state index contributed by atoms with van der Waals surface area (Å²) in [6, 6.07) is 0. The molecule has 2 unspecified atom stereocenters. The fraction of sp³-hybridized carbons (Fsp3) is 0.515. The standard InChI is InChI=1S/C33H50FN5O3/c1-12-18-20-28(25(14-3)15-4)26(21-27(16-5)38-40)22-29(34)31(37-23-41-11)30(32(36-17-6)39(9)10)33(35-8)42-24(7)19-13-2/h3,12,15,18,21-24,32,36H,13,16-17,19-20H2,1-2,4-11H3/b18-12-,25-15-,27-21+,28-26-,29-22-,31-30+,35-33?,37-23?. The molecule has 0 radical (unpaired) electrons. The zero-order chi connectivity index (χ0) is 32.1. The fourth-order valence-electron chi connectivity index (χ4n) is 4.10. The van der Waals surface area contributed by atoms with Gasteiger partial charge in [0.2, 0.25) is 5.90 Å². The zero-order valence-electron chi connectivity index (χ0n) is 27.1. The van der Waals surface area contributed by atoms with Crippen LogP contribution in [0.15, 0.2) is 85.1 Å². The van der Waals surface area contributed by atoms with Crippen molar-refractivity contribution in [1.82, 2.24) is 10.2 Å². The Kier molecular flexibility index (Phi) is 20.2. The van der Waals surface area contributed by atoms with Crippen LogP contribution in [0.3, 0.4) is 0 Å². The van der Waals surface area contributed by atoms with E-state index in [1.165, 1.54) is 13.2 Å². The molecule has 0 aromatic rings. The molecule has 2 atom stereocenters. The number of hydrogen-bond acceptors (Lipinski definition) is 8. The summed E-state index contributed by atoms with van der Waals surface area (Å²) in [5.74, 6) is 2.23. The van der Waals surface area contributed by atoms with Crippen LogP contribution in [-0.4, -0.2) is 64.3 Å². The molecule has 8 nitrogen and oxygen atoms in total. The van der Waals surface area contributed by atoms with Crippen molar-refractivity contribution in [3.63, 3.8) is 0 Å². The molecule has 1 N–H and O–H groups in total. The van der Waals surface area contributed by atoms with Crippen LogP contribution in [0.4, 0.5) is 4.39 Å². The lowest BCUT2D eigenvalue weighted by Crippen LogP contribution is -2.46. The minimum atomic E-state index is -0.700. The van der Waals surface area contributed by atoms with Crippen LogP contribution < -0.4 is 5.32 Å². The van der Waals surface area contributed by atoms with E-state index >= 15 is 4.39 Å². The molecule has 0 rings (SSSR count). The van der Waals surface area contributed by atoms with Crippen LogP contribution in [0.1, 0.15) is 67.2 Å². The summed E-state index contributed by atoms with van der Waals surface area (Å²) in [4.78, 5) is 22.3. The van der Waals surface area contributed by atoms with Crippen LogP contribution >= 0.6 is 0 Å². The number of allylic oxidation sites excluding steroid dienone is 10. The highest BCUT2D eigenvalue weighted by atomic mass is 19.1. The predicted molar refractivity (Wildman–Crippen MR) is 175 cm³/mol. The van der Waals surface area contributed by atoms with E-state index in [4.69, 9.17) is 15.9 Å². The van der Waals surface area contributed by atoms with Gasteiger partial charge in [0.05, 0.1) is 30.6 Å². The van der Waals surface area contributed by atoms with E-state index in [0.29, 0.717) is 41.7 Å². The van der Waals surface area contributed by atoms with Gasteiger partial charge in [0.15, 0.2) is 6.40 Å². The Hall–Kier alpha value is -3.61. The van der Waals surface area contributed by atoms with E-state index < -0.39 is 12.0 Å². The first-order valence-electron chi connectivity index (χ1n) is 14.4. The molecule has 0 aliphatic rings. The molecule has 0 spiro atoms. The number of hydrogen-bond donors (Lipinski definition) is 1. The smallest absolute Gasteiger partial charge is 0.217 e. The minimum absolute atomic E-state index is 0.0445. The minimum Gasteiger partial charge on any atom is -0.486 e. The second-order valence-corrected chi connectivity index (χ2v) is 9.53. The number of aliphatic imine (C=N–C) groups is 2. The molecule has 0 aliphatic carbocycles. The number of methoxy groups -OCH3 is 1. The van der Waals surface area contributed by atoms with Crippen molar-refractivity contribution in [2.24, 2.45) is 15.2 Å². The maximum atomic E-state index is 16.8. The van der Waals surface area contributed by atoms with E-state index in [9.17, 15) is 4.91 Å². The van der Waals surface area contributed by atoms with Crippen molar-refractivity contribution in [1.29, 1.82) is 0 Å². The number of rotatable bonds is 18. The van der Waals surface area contributed by atoms with Gasteiger partial charge in [-0.1, -0.05) is 51.3 Å². The topological polar surface area (TPSA) is 87.9 Å². The third-order valence-corrected chi connectivity index (χ3v) is 6.16. The molecule has 0 fully saturated rings. The van der Waals surface area contributed by atoms with E-state index in [2.05, 4.69) is 33.3 Å². The van der Waals surface area contributed by atoms with Gasteiger partial charge in [-0.05, 0) is 89.1 Å². The molecule has 0 heterocycles. The highest BCUT2D eigenvalue weighted by Crippen LogP contribution is 2.29. The summed E-state index contributed by atoms with van der Waals surface area (Å²) >= 11 is 0. The Morgan fingerprint density at radius 3 is 2.33 bits per heavy atom. The van der Waals surface area contributed by atoms with Crippen molar-refractivity contribution in [3.05, 3.63) is 74.8 Å². The summed E-state index contributed by atoms with van der Waals surface area (Å²) in [5.41, 5.74) is 2.22. The van der Waals surface area contributed by atoms with E-state index in [-0.39, 0.29) is 23.4 Å². The van der Waals surface area contributed by atoms with Crippen LogP contribution in [0, 0.1) is 17.3 Å².